The van der Waals surface area contributed by atoms with Crippen LogP contribution in [0.3, 0.4) is 0 Å². The average Bonchev–Trinajstić information content (AvgIpc) is 2.56. The zero-order chi connectivity index (χ0) is 12.3. The van der Waals surface area contributed by atoms with E-state index in [9.17, 15) is 4.79 Å². The Kier molecular flexibility index (Phi) is 3.62. The van der Waals surface area contributed by atoms with E-state index < -0.39 is 0 Å². The standard InChI is InChI=1S/C15H18O2/c1-3-11-8-9-13(15(16)17-2)10-12-6-4-5-7-14(11)12/h4-7,10-11H,3,8-9H2,1-2H3. The highest BCUT2D eigenvalue weighted by Crippen LogP contribution is 2.34. The van der Waals surface area contributed by atoms with Crippen LogP contribution in [0.5, 0.6) is 0 Å². The lowest BCUT2D eigenvalue weighted by Crippen LogP contribution is -2.04. The summed E-state index contributed by atoms with van der Waals surface area (Å²) >= 11 is 0. The molecule has 1 unspecified atom stereocenters. The molecule has 0 bridgehead atoms. The lowest BCUT2D eigenvalue weighted by Gasteiger charge is -2.14. The summed E-state index contributed by atoms with van der Waals surface area (Å²) in [5.41, 5.74) is 3.31. The highest BCUT2D eigenvalue weighted by atomic mass is 16.5. The maximum absolute atomic E-state index is 11.6. The van der Waals surface area contributed by atoms with E-state index in [1.807, 2.05) is 12.1 Å². The maximum atomic E-state index is 11.6. The normalized spacial score (nSPS) is 18.9. The number of hydrogen-bond acceptors (Lipinski definition) is 2. The summed E-state index contributed by atoms with van der Waals surface area (Å²) in [6, 6.07) is 8.33. The Bertz CT molecular complexity index is 446. The Labute approximate surface area is 102 Å². The van der Waals surface area contributed by atoms with Crippen molar-refractivity contribution in [3.63, 3.8) is 0 Å². The van der Waals surface area contributed by atoms with Crippen LogP contribution in [-0.4, -0.2) is 13.1 Å². The van der Waals surface area contributed by atoms with E-state index in [4.69, 9.17) is 4.74 Å². The molecule has 1 atom stereocenters. The fourth-order valence-corrected chi connectivity index (χ4v) is 2.48. The van der Waals surface area contributed by atoms with Gasteiger partial charge in [-0.15, -0.1) is 0 Å². The van der Waals surface area contributed by atoms with Crippen molar-refractivity contribution in [3.8, 4) is 0 Å². The third kappa shape index (κ3) is 2.41. The molecule has 2 rings (SSSR count). The van der Waals surface area contributed by atoms with Gasteiger partial charge in [0.1, 0.15) is 0 Å². The van der Waals surface area contributed by atoms with Gasteiger partial charge in [0, 0.05) is 5.57 Å². The van der Waals surface area contributed by atoms with Gasteiger partial charge in [-0.2, -0.15) is 0 Å². The van der Waals surface area contributed by atoms with E-state index in [2.05, 4.69) is 25.1 Å². The molecule has 0 N–H and O–H groups in total. The van der Waals surface area contributed by atoms with Gasteiger partial charge in [-0.25, -0.2) is 4.79 Å². The lowest BCUT2D eigenvalue weighted by molar-refractivity contribution is -0.136. The molecule has 0 saturated heterocycles. The minimum absolute atomic E-state index is 0.198. The van der Waals surface area contributed by atoms with Gasteiger partial charge < -0.3 is 4.74 Å². The number of benzene rings is 1. The molecule has 0 fully saturated rings. The first-order valence-electron chi connectivity index (χ1n) is 6.14. The van der Waals surface area contributed by atoms with Crippen molar-refractivity contribution in [2.75, 3.05) is 7.11 Å². The Morgan fingerprint density at radius 1 is 1.41 bits per heavy atom. The van der Waals surface area contributed by atoms with Crippen LogP contribution >= 0.6 is 0 Å². The molecular formula is C15H18O2. The van der Waals surface area contributed by atoms with E-state index in [0.717, 1.165) is 30.4 Å². The molecule has 1 aliphatic carbocycles. The van der Waals surface area contributed by atoms with Crippen LogP contribution in [0.2, 0.25) is 0 Å². The number of carbonyl (C=O) groups is 1. The topological polar surface area (TPSA) is 26.3 Å². The van der Waals surface area contributed by atoms with Crippen molar-refractivity contribution in [2.45, 2.75) is 32.1 Å². The number of ether oxygens (including phenoxy) is 1. The second-order valence-electron chi connectivity index (χ2n) is 4.43. The third-order valence-electron chi connectivity index (χ3n) is 3.47. The molecule has 2 nitrogen and oxygen atoms in total. The summed E-state index contributed by atoms with van der Waals surface area (Å²) in [4.78, 5) is 11.6. The maximum Gasteiger partial charge on any atom is 0.333 e. The van der Waals surface area contributed by atoms with Gasteiger partial charge in [-0.05, 0) is 42.4 Å². The first-order valence-corrected chi connectivity index (χ1v) is 6.14. The van der Waals surface area contributed by atoms with Crippen LogP contribution < -0.4 is 0 Å². The number of hydrogen-bond donors (Lipinski definition) is 0. The minimum Gasteiger partial charge on any atom is -0.466 e. The number of esters is 1. The molecule has 0 saturated carbocycles. The molecule has 90 valence electrons. The Morgan fingerprint density at radius 3 is 2.88 bits per heavy atom. The van der Waals surface area contributed by atoms with Gasteiger partial charge in [0.25, 0.3) is 0 Å². The molecular weight excluding hydrogens is 212 g/mol. The van der Waals surface area contributed by atoms with Gasteiger partial charge in [0.15, 0.2) is 0 Å². The molecule has 17 heavy (non-hydrogen) atoms. The smallest absolute Gasteiger partial charge is 0.333 e. The summed E-state index contributed by atoms with van der Waals surface area (Å²) in [7, 11) is 1.44. The Hall–Kier alpha value is -1.57. The number of carbonyl (C=O) groups excluding carboxylic acids is 1. The fourth-order valence-electron chi connectivity index (χ4n) is 2.48. The third-order valence-corrected chi connectivity index (χ3v) is 3.47. The zero-order valence-electron chi connectivity index (χ0n) is 10.4. The number of methoxy groups -OCH3 is 1. The second-order valence-corrected chi connectivity index (χ2v) is 4.43. The van der Waals surface area contributed by atoms with Gasteiger partial charge >= 0.3 is 5.97 Å². The SMILES string of the molecule is CCC1CCC(C(=O)OC)=Cc2ccccc21. The van der Waals surface area contributed by atoms with Crippen molar-refractivity contribution >= 4 is 12.0 Å². The van der Waals surface area contributed by atoms with Gasteiger partial charge in [0.2, 0.25) is 0 Å². The van der Waals surface area contributed by atoms with Gasteiger partial charge in [0.05, 0.1) is 7.11 Å². The van der Waals surface area contributed by atoms with Gasteiger partial charge in [-0.1, -0.05) is 31.2 Å². The molecule has 0 aliphatic heterocycles. The highest BCUT2D eigenvalue weighted by molar-refractivity contribution is 5.94. The van der Waals surface area contributed by atoms with Crippen LogP contribution in [0.1, 0.15) is 43.2 Å². The van der Waals surface area contributed by atoms with E-state index in [1.165, 1.54) is 12.7 Å². The minimum atomic E-state index is -0.198. The average molecular weight is 230 g/mol. The van der Waals surface area contributed by atoms with E-state index in [-0.39, 0.29) is 5.97 Å². The monoisotopic (exact) mass is 230 g/mol. The van der Waals surface area contributed by atoms with Crippen LogP contribution in [-0.2, 0) is 9.53 Å². The molecule has 1 aromatic rings. The highest BCUT2D eigenvalue weighted by Gasteiger charge is 2.20. The first kappa shape index (κ1) is 11.9. The summed E-state index contributed by atoms with van der Waals surface area (Å²) in [5, 5.41) is 0. The predicted molar refractivity (Wildman–Crippen MR) is 68.7 cm³/mol. The molecule has 2 heteroatoms. The quantitative estimate of drug-likeness (QED) is 0.726. The molecule has 0 heterocycles. The molecule has 0 radical (unpaired) electrons. The predicted octanol–water partition coefficient (Wildman–Crippen LogP) is 3.53. The first-order chi connectivity index (χ1) is 8.26. The van der Waals surface area contributed by atoms with Crippen LogP contribution in [0, 0.1) is 0 Å². The molecule has 1 aliphatic rings. The largest absolute Gasteiger partial charge is 0.466 e. The Morgan fingerprint density at radius 2 is 2.18 bits per heavy atom. The van der Waals surface area contributed by atoms with Gasteiger partial charge in [-0.3, -0.25) is 0 Å². The molecule has 1 aromatic carbocycles. The van der Waals surface area contributed by atoms with Crippen LogP contribution in [0.25, 0.3) is 6.08 Å². The molecule has 0 spiro atoms. The van der Waals surface area contributed by atoms with E-state index in [0.29, 0.717) is 5.92 Å². The summed E-state index contributed by atoms with van der Waals surface area (Å²) in [5.74, 6) is 0.348. The van der Waals surface area contributed by atoms with Crippen molar-refractivity contribution < 1.29 is 9.53 Å². The summed E-state index contributed by atoms with van der Waals surface area (Å²) in [6.07, 6.45) is 4.92. The summed E-state index contributed by atoms with van der Waals surface area (Å²) in [6.45, 7) is 2.20. The number of rotatable bonds is 2. The second kappa shape index (κ2) is 5.17. The van der Waals surface area contributed by atoms with Crippen molar-refractivity contribution in [1.29, 1.82) is 0 Å². The Balaban J connectivity index is 2.42. The van der Waals surface area contributed by atoms with Crippen LogP contribution in [0.4, 0.5) is 0 Å². The van der Waals surface area contributed by atoms with Crippen LogP contribution in [0.15, 0.2) is 29.8 Å². The zero-order valence-corrected chi connectivity index (χ0v) is 10.4. The fraction of sp³-hybridized carbons (Fsp3) is 0.400. The lowest BCUT2D eigenvalue weighted by atomic mass is 9.90. The van der Waals surface area contributed by atoms with Crippen molar-refractivity contribution in [1.82, 2.24) is 0 Å². The molecule has 0 amide bonds. The summed E-state index contributed by atoms with van der Waals surface area (Å²) < 4.78 is 4.82. The number of fused-ring (bicyclic) bond motifs is 1. The van der Waals surface area contributed by atoms with Crippen molar-refractivity contribution in [2.24, 2.45) is 0 Å². The molecule has 0 aromatic heterocycles. The van der Waals surface area contributed by atoms with Crippen molar-refractivity contribution in [3.05, 3.63) is 41.0 Å². The van der Waals surface area contributed by atoms with E-state index in [1.54, 1.807) is 0 Å². The van der Waals surface area contributed by atoms with E-state index >= 15 is 0 Å².